The third-order valence-corrected chi connectivity index (χ3v) is 3.08. The molecule has 1 aromatic carbocycles. The van der Waals surface area contributed by atoms with Crippen molar-refractivity contribution < 1.29 is 0 Å². The maximum absolute atomic E-state index is 5.67. The van der Waals surface area contributed by atoms with Crippen LogP contribution >= 0.6 is 0 Å². The Balaban J connectivity index is 2.60. The first-order valence-electron chi connectivity index (χ1n) is 5.69. The first kappa shape index (κ1) is 11.1. The first-order chi connectivity index (χ1) is 7.65. The molecular weight excluding hydrogens is 196 g/mol. The van der Waals surface area contributed by atoms with E-state index in [-0.39, 0.29) is 5.41 Å². The number of benzene rings is 1. The predicted molar refractivity (Wildman–Crippen MR) is 68.4 cm³/mol. The molecule has 84 valence electrons. The van der Waals surface area contributed by atoms with Gasteiger partial charge in [-0.2, -0.15) is 0 Å². The van der Waals surface area contributed by atoms with Crippen molar-refractivity contribution in [2.45, 2.75) is 25.7 Å². The lowest BCUT2D eigenvalue weighted by Crippen LogP contribution is -2.23. The molecular formula is C14H18N2. The number of rotatable bonds is 3. The summed E-state index contributed by atoms with van der Waals surface area (Å²) in [5.74, 6) is 0. The van der Waals surface area contributed by atoms with E-state index in [0.717, 1.165) is 12.1 Å². The zero-order chi connectivity index (χ0) is 11.6. The lowest BCUT2D eigenvalue weighted by molar-refractivity contribution is 0.478. The Bertz CT molecular complexity index is 484. The van der Waals surface area contributed by atoms with Gasteiger partial charge in [-0.3, -0.25) is 4.98 Å². The Morgan fingerprint density at radius 1 is 1.19 bits per heavy atom. The molecule has 0 spiro atoms. The summed E-state index contributed by atoms with van der Waals surface area (Å²) in [5.41, 5.74) is 6.85. The Hall–Kier alpha value is -1.41. The van der Waals surface area contributed by atoms with Crippen LogP contribution in [0, 0.1) is 0 Å². The molecule has 0 aliphatic carbocycles. The molecule has 0 amide bonds. The fourth-order valence-electron chi connectivity index (χ4n) is 2.14. The van der Waals surface area contributed by atoms with Gasteiger partial charge in [0.2, 0.25) is 0 Å². The van der Waals surface area contributed by atoms with Crippen molar-refractivity contribution in [2.75, 3.05) is 6.54 Å². The Morgan fingerprint density at radius 3 is 2.69 bits per heavy atom. The van der Waals surface area contributed by atoms with Crippen LogP contribution in [-0.4, -0.2) is 11.5 Å². The van der Waals surface area contributed by atoms with Crippen LogP contribution in [0.1, 0.15) is 26.0 Å². The summed E-state index contributed by atoms with van der Waals surface area (Å²) in [6.07, 6.45) is 2.84. The molecule has 0 saturated carbocycles. The molecule has 2 rings (SSSR count). The van der Waals surface area contributed by atoms with Crippen LogP contribution in [0.25, 0.3) is 10.8 Å². The van der Waals surface area contributed by atoms with Crippen LogP contribution in [0.3, 0.4) is 0 Å². The zero-order valence-corrected chi connectivity index (χ0v) is 9.90. The highest BCUT2D eigenvalue weighted by atomic mass is 14.7. The summed E-state index contributed by atoms with van der Waals surface area (Å²) in [6.45, 7) is 5.10. The van der Waals surface area contributed by atoms with Crippen molar-refractivity contribution in [3.63, 3.8) is 0 Å². The van der Waals surface area contributed by atoms with Crippen molar-refractivity contribution in [1.29, 1.82) is 0 Å². The van der Waals surface area contributed by atoms with Crippen LogP contribution in [0.15, 0.2) is 36.5 Å². The number of pyridine rings is 1. The third-order valence-electron chi connectivity index (χ3n) is 3.08. The number of hydrogen-bond donors (Lipinski definition) is 1. The summed E-state index contributed by atoms with van der Waals surface area (Å²) in [4.78, 5) is 4.54. The molecule has 0 fully saturated rings. The molecule has 2 heteroatoms. The maximum Gasteiger partial charge on any atom is 0.0538 e. The molecule has 2 aromatic rings. The number of hydrogen-bond acceptors (Lipinski definition) is 2. The largest absolute Gasteiger partial charge is 0.330 e. The van der Waals surface area contributed by atoms with E-state index in [4.69, 9.17) is 5.73 Å². The second-order valence-corrected chi connectivity index (χ2v) is 4.80. The smallest absolute Gasteiger partial charge is 0.0538 e. The maximum atomic E-state index is 5.67. The van der Waals surface area contributed by atoms with Crippen LogP contribution in [-0.2, 0) is 5.41 Å². The van der Waals surface area contributed by atoms with Crippen molar-refractivity contribution in [1.82, 2.24) is 4.98 Å². The van der Waals surface area contributed by atoms with Crippen LogP contribution in [0.2, 0.25) is 0 Å². The number of aromatic nitrogens is 1. The molecule has 0 saturated heterocycles. The van der Waals surface area contributed by atoms with E-state index in [1.807, 2.05) is 6.20 Å². The monoisotopic (exact) mass is 214 g/mol. The Labute approximate surface area is 96.5 Å². The van der Waals surface area contributed by atoms with E-state index in [0.29, 0.717) is 6.54 Å². The molecule has 1 heterocycles. The molecule has 1 aromatic heterocycles. The van der Waals surface area contributed by atoms with E-state index in [2.05, 4.69) is 49.2 Å². The van der Waals surface area contributed by atoms with Gasteiger partial charge in [-0.05, 0) is 24.4 Å². The van der Waals surface area contributed by atoms with Gasteiger partial charge in [0.05, 0.1) is 5.69 Å². The van der Waals surface area contributed by atoms with Crippen LogP contribution in [0.5, 0.6) is 0 Å². The fourth-order valence-corrected chi connectivity index (χ4v) is 2.14. The summed E-state index contributed by atoms with van der Waals surface area (Å²) >= 11 is 0. The first-order valence-corrected chi connectivity index (χ1v) is 5.69. The van der Waals surface area contributed by atoms with E-state index in [1.165, 1.54) is 10.8 Å². The average Bonchev–Trinajstić information content (AvgIpc) is 2.28. The minimum atomic E-state index is 0.0373. The minimum Gasteiger partial charge on any atom is -0.330 e. The Kier molecular flexibility index (Phi) is 2.92. The molecule has 16 heavy (non-hydrogen) atoms. The predicted octanol–water partition coefficient (Wildman–Crippen LogP) is 2.86. The lowest BCUT2D eigenvalue weighted by Gasteiger charge is -2.24. The van der Waals surface area contributed by atoms with E-state index in [9.17, 15) is 0 Å². The fraction of sp³-hybridized carbons (Fsp3) is 0.357. The third kappa shape index (κ3) is 1.93. The molecule has 2 N–H and O–H groups in total. The molecule has 0 atom stereocenters. The van der Waals surface area contributed by atoms with E-state index < -0.39 is 0 Å². The van der Waals surface area contributed by atoms with Gasteiger partial charge in [0.1, 0.15) is 0 Å². The standard InChI is InChI=1S/C14H18N2/c1-14(2,8-9-15)13-12-6-4-3-5-11(12)7-10-16-13/h3-7,10H,8-9,15H2,1-2H3. The van der Waals surface area contributed by atoms with Gasteiger partial charge < -0.3 is 5.73 Å². The number of fused-ring (bicyclic) bond motifs is 1. The minimum absolute atomic E-state index is 0.0373. The van der Waals surface area contributed by atoms with Gasteiger partial charge in [0.15, 0.2) is 0 Å². The second-order valence-electron chi connectivity index (χ2n) is 4.80. The van der Waals surface area contributed by atoms with Gasteiger partial charge in [0.25, 0.3) is 0 Å². The van der Waals surface area contributed by atoms with Crippen molar-refractivity contribution in [3.8, 4) is 0 Å². The van der Waals surface area contributed by atoms with E-state index >= 15 is 0 Å². The number of nitrogens with two attached hydrogens (primary N) is 1. The highest BCUT2D eigenvalue weighted by Gasteiger charge is 2.23. The SMILES string of the molecule is CC(C)(CCN)c1nccc2ccccc12. The molecule has 0 aliphatic rings. The van der Waals surface area contributed by atoms with E-state index in [1.54, 1.807) is 0 Å². The zero-order valence-electron chi connectivity index (χ0n) is 9.90. The summed E-state index contributed by atoms with van der Waals surface area (Å²) in [6, 6.07) is 10.4. The molecule has 0 aliphatic heterocycles. The topological polar surface area (TPSA) is 38.9 Å². The normalized spacial score (nSPS) is 11.9. The van der Waals surface area contributed by atoms with Gasteiger partial charge in [-0.15, -0.1) is 0 Å². The summed E-state index contributed by atoms with van der Waals surface area (Å²) in [5, 5.41) is 2.49. The van der Waals surface area contributed by atoms with Gasteiger partial charge in [-0.1, -0.05) is 38.1 Å². The molecule has 2 nitrogen and oxygen atoms in total. The second kappa shape index (κ2) is 4.22. The highest BCUT2D eigenvalue weighted by Crippen LogP contribution is 2.30. The Morgan fingerprint density at radius 2 is 1.94 bits per heavy atom. The molecule has 0 bridgehead atoms. The van der Waals surface area contributed by atoms with Gasteiger partial charge >= 0.3 is 0 Å². The van der Waals surface area contributed by atoms with Crippen molar-refractivity contribution >= 4 is 10.8 Å². The lowest BCUT2D eigenvalue weighted by atomic mass is 9.83. The van der Waals surface area contributed by atoms with Crippen molar-refractivity contribution in [2.24, 2.45) is 5.73 Å². The molecule has 0 unspecified atom stereocenters. The average molecular weight is 214 g/mol. The summed E-state index contributed by atoms with van der Waals surface area (Å²) < 4.78 is 0. The van der Waals surface area contributed by atoms with Crippen molar-refractivity contribution in [3.05, 3.63) is 42.2 Å². The van der Waals surface area contributed by atoms with Gasteiger partial charge in [-0.25, -0.2) is 0 Å². The quantitative estimate of drug-likeness (QED) is 0.853. The van der Waals surface area contributed by atoms with Gasteiger partial charge in [0, 0.05) is 17.0 Å². The summed E-state index contributed by atoms with van der Waals surface area (Å²) in [7, 11) is 0. The van der Waals surface area contributed by atoms with Crippen LogP contribution in [0.4, 0.5) is 0 Å². The number of nitrogens with zero attached hydrogens (tertiary/aromatic N) is 1. The van der Waals surface area contributed by atoms with Crippen LogP contribution < -0.4 is 5.73 Å². The molecule has 0 radical (unpaired) electrons. The highest BCUT2D eigenvalue weighted by molar-refractivity contribution is 5.85.